The van der Waals surface area contributed by atoms with E-state index in [1.54, 1.807) is 19.1 Å². The van der Waals surface area contributed by atoms with E-state index < -0.39 is 34.9 Å². The summed E-state index contributed by atoms with van der Waals surface area (Å²) in [6.45, 7) is 7.58. The van der Waals surface area contributed by atoms with Gasteiger partial charge in [-0.1, -0.05) is 32.9 Å². The standard InChI is InChI=1S/C23H21F3O6/c1-5-29-21(28)31-15-10-11-16-17(12-15)32-20(23(24,25)26)19(18(16)27)30-14-8-6-13(7-9-14)22(2,3)4/h6-12H,5H2,1-4H3. The Labute approximate surface area is 181 Å². The zero-order valence-electron chi connectivity index (χ0n) is 17.8. The average molecular weight is 450 g/mol. The minimum atomic E-state index is -5.01. The number of carbonyl (C=O) groups is 1. The molecule has 6 nitrogen and oxygen atoms in total. The molecule has 9 heteroatoms. The second-order valence-corrected chi connectivity index (χ2v) is 7.91. The summed E-state index contributed by atoms with van der Waals surface area (Å²) in [7, 11) is 0. The number of hydrogen-bond acceptors (Lipinski definition) is 6. The van der Waals surface area contributed by atoms with Crippen LogP contribution >= 0.6 is 0 Å². The fourth-order valence-corrected chi connectivity index (χ4v) is 2.88. The van der Waals surface area contributed by atoms with Gasteiger partial charge in [-0.2, -0.15) is 13.2 Å². The normalized spacial score (nSPS) is 12.0. The Morgan fingerprint density at radius 3 is 2.19 bits per heavy atom. The molecular weight excluding hydrogens is 429 g/mol. The highest BCUT2D eigenvalue weighted by Gasteiger charge is 2.40. The van der Waals surface area contributed by atoms with E-state index in [1.165, 1.54) is 24.3 Å². The van der Waals surface area contributed by atoms with Gasteiger partial charge >= 0.3 is 12.3 Å². The number of alkyl halides is 3. The van der Waals surface area contributed by atoms with Crippen molar-refractivity contribution in [3.05, 3.63) is 64.0 Å². The number of hydrogen-bond donors (Lipinski definition) is 0. The molecule has 3 aromatic rings. The third-order valence-corrected chi connectivity index (χ3v) is 4.48. The van der Waals surface area contributed by atoms with Crippen LogP contribution < -0.4 is 14.9 Å². The first-order chi connectivity index (χ1) is 14.9. The fraction of sp³-hybridized carbons (Fsp3) is 0.304. The first-order valence-electron chi connectivity index (χ1n) is 9.71. The van der Waals surface area contributed by atoms with Gasteiger partial charge in [-0.15, -0.1) is 0 Å². The fourth-order valence-electron chi connectivity index (χ4n) is 2.88. The molecule has 32 heavy (non-hydrogen) atoms. The quantitative estimate of drug-likeness (QED) is 0.337. The van der Waals surface area contributed by atoms with Crippen molar-refractivity contribution >= 4 is 17.1 Å². The van der Waals surface area contributed by atoms with Crippen LogP contribution in [0.15, 0.2) is 51.7 Å². The van der Waals surface area contributed by atoms with Crippen LogP contribution in [-0.4, -0.2) is 12.8 Å². The van der Waals surface area contributed by atoms with E-state index in [-0.39, 0.29) is 28.9 Å². The Morgan fingerprint density at radius 1 is 1.00 bits per heavy atom. The van der Waals surface area contributed by atoms with Gasteiger partial charge < -0.3 is 18.6 Å². The molecule has 170 valence electrons. The number of carbonyl (C=O) groups excluding carboxylic acids is 1. The molecule has 2 aromatic carbocycles. The van der Waals surface area contributed by atoms with Crippen molar-refractivity contribution in [2.24, 2.45) is 0 Å². The monoisotopic (exact) mass is 450 g/mol. The summed E-state index contributed by atoms with van der Waals surface area (Å²) >= 11 is 0. The van der Waals surface area contributed by atoms with Crippen molar-refractivity contribution in [2.75, 3.05) is 6.61 Å². The van der Waals surface area contributed by atoms with E-state index in [0.29, 0.717) is 0 Å². The van der Waals surface area contributed by atoms with Crippen LogP contribution in [0.1, 0.15) is 39.0 Å². The lowest BCUT2D eigenvalue weighted by atomic mass is 9.87. The molecule has 0 fully saturated rings. The summed E-state index contributed by atoms with van der Waals surface area (Å²) in [6.07, 6.45) is -6.05. The maximum Gasteiger partial charge on any atom is 0.513 e. The number of ether oxygens (including phenoxy) is 3. The lowest BCUT2D eigenvalue weighted by Gasteiger charge is -2.19. The molecule has 0 amide bonds. The summed E-state index contributed by atoms with van der Waals surface area (Å²) < 4.78 is 60.8. The van der Waals surface area contributed by atoms with Crippen molar-refractivity contribution in [2.45, 2.75) is 39.3 Å². The van der Waals surface area contributed by atoms with Crippen LogP contribution in [0.5, 0.6) is 17.2 Å². The molecule has 0 radical (unpaired) electrons. The third kappa shape index (κ3) is 5.04. The Kier molecular flexibility index (Phi) is 6.20. The SMILES string of the molecule is CCOC(=O)Oc1ccc2c(=O)c(Oc3ccc(C(C)(C)C)cc3)c(C(F)(F)F)oc2c1. The molecule has 0 aliphatic rings. The highest BCUT2D eigenvalue weighted by atomic mass is 19.4. The van der Waals surface area contributed by atoms with Gasteiger partial charge in [-0.25, -0.2) is 4.79 Å². The zero-order chi connectivity index (χ0) is 23.7. The predicted octanol–water partition coefficient (Wildman–Crippen LogP) is 6.44. The van der Waals surface area contributed by atoms with Gasteiger partial charge in [-0.3, -0.25) is 4.79 Å². The van der Waals surface area contributed by atoms with Crippen molar-refractivity contribution in [1.82, 2.24) is 0 Å². The molecule has 0 atom stereocenters. The molecule has 0 aliphatic heterocycles. The van der Waals surface area contributed by atoms with E-state index in [1.807, 2.05) is 20.8 Å². The van der Waals surface area contributed by atoms with Crippen LogP contribution in [0.3, 0.4) is 0 Å². The van der Waals surface area contributed by atoms with Crippen molar-refractivity contribution in [3.8, 4) is 17.2 Å². The summed E-state index contributed by atoms with van der Waals surface area (Å²) in [6, 6.07) is 9.83. The van der Waals surface area contributed by atoms with Crippen molar-refractivity contribution in [3.63, 3.8) is 0 Å². The molecule has 0 spiro atoms. The van der Waals surface area contributed by atoms with Gasteiger partial charge in [-0.05, 0) is 42.2 Å². The van der Waals surface area contributed by atoms with E-state index >= 15 is 0 Å². The molecular formula is C23H21F3O6. The van der Waals surface area contributed by atoms with E-state index in [9.17, 15) is 22.8 Å². The van der Waals surface area contributed by atoms with Crippen LogP contribution in [0.4, 0.5) is 18.0 Å². The van der Waals surface area contributed by atoms with Gasteiger partial charge in [0.2, 0.25) is 11.2 Å². The van der Waals surface area contributed by atoms with Gasteiger partial charge in [0.25, 0.3) is 5.76 Å². The highest BCUT2D eigenvalue weighted by Crippen LogP contribution is 2.39. The average Bonchev–Trinajstić information content (AvgIpc) is 2.69. The molecule has 1 aromatic heterocycles. The Morgan fingerprint density at radius 2 is 1.62 bits per heavy atom. The molecule has 1 heterocycles. The molecule has 0 saturated carbocycles. The molecule has 0 aliphatic carbocycles. The van der Waals surface area contributed by atoms with Gasteiger partial charge in [0, 0.05) is 6.07 Å². The lowest BCUT2D eigenvalue weighted by molar-refractivity contribution is -0.154. The molecule has 0 N–H and O–H groups in total. The Bertz CT molecular complexity index is 1190. The van der Waals surface area contributed by atoms with E-state index in [4.69, 9.17) is 13.9 Å². The van der Waals surface area contributed by atoms with Crippen molar-refractivity contribution < 1.29 is 36.6 Å². The Balaban J connectivity index is 2.06. The lowest BCUT2D eigenvalue weighted by Crippen LogP contribution is -2.16. The topological polar surface area (TPSA) is 75.0 Å². The molecule has 3 rings (SSSR count). The van der Waals surface area contributed by atoms with Crippen LogP contribution in [0.2, 0.25) is 0 Å². The summed E-state index contributed by atoms with van der Waals surface area (Å²) in [5.41, 5.74) is -0.651. The molecule has 0 unspecified atom stereocenters. The highest BCUT2D eigenvalue weighted by molar-refractivity contribution is 5.80. The summed E-state index contributed by atoms with van der Waals surface area (Å²) in [5, 5.41) is -0.171. The summed E-state index contributed by atoms with van der Waals surface area (Å²) in [5.74, 6) is -2.66. The maximum atomic E-state index is 13.7. The minimum Gasteiger partial charge on any atom is -0.449 e. The van der Waals surface area contributed by atoms with Gasteiger partial charge in [0.15, 0.2) is 0 Å². The first-order valence-corrected chi connectivity index (χ1v) is 9.71. The number of halogens is 3. The largest absolute Gasteiger partial charge is 0.513 e. The summed E-state index contributed by atoms with van der Waals surface area (Å²) in [4.78, 5) is 24.3. The second-order valence-electron chi connectivity index (χ2n) is 7.91. The second kappa shape index (κ2) is 8.57. The zero-order valence-corrected chi connectivity index (χ0v) is 17.8. The predicted molar refractivity (Wildman–Crippen MR) is 110 cm³/mol. The van der Waals surface area contributed by atoms with Gasteiger partial charge in [0.1, 0.15) is 17.1 Å². The maximum absolute atomic E-state index is 13.7. The van der Waals surface area contributed by atoms with Gasteiger partial charge in [0.05, 0.1) is 12.0 Å². The number of fused-ring (bicyclic) bond motifs is 1. The third-order valence-electron chi connectivity index (χ3n) is 4.48. The van der Waals surface area contributed by atoms with Crippen LogP contribution in [-0.2, 0) is 16.3 Å². The Hall–Kier alpha value is -3.49. The van der Waals surface area contributed by atoms with Crippen LogP contribution in [0, 0.1) is 0 Å². The number of benzene rings is 2. The van der Waals surface area contributed by atoms with Crippen molar-refractivity contribution in [1.29, 1.82) is 0 Å². The van der Waals surface area contributed by atoms with E-state index in [2.05, 4.69) is 4.74 Å². The molecule has 0 bridgehead atoms. The smallest absolute Gasteiger partial charge is 0.449 e. The minimum absolute atomic E-state index is 0.0527. The first kappa shape index (κ1) is 23.2. The number of rotatable bonds is 4. The van der Waals surface area contributed by atoms with Crippen LogP contribution in [0.25, 0.3) is 11.0 Å². The van der Waals surface area contributed by atoms with E-state index in [0.717, 1.165) is 11.6 Å². The molecule has 0 saturated heterocycles.